The van der Waals surface area contributed by atoms with E-state index in [4.69, 9.17) is 16.3 Å². The van der Waals surface area contributed by atoms with Crippen LogP contribution in [0.5, 0.6) is 0 Å². The molecule has 2 fully saturated rings. The fraction of sp³-hybridized carbons (Fsp3) is 0.240. The number of hydrogen-bond donors (Lipinski definition) is 1. The summed E-state index contributed by atoms with van der Waals surface area (Å²) in [5.41, 5.74) is 1.28. The van der Waals surface area contributed by atoms with Crippen LogP contribution in [0.4, 0.5) is 4.79 Å². The maximum Gasteiger partial charge on any atom is 0.293 e. The molecule has 194 valence electrons. The van der Waals surface area contributed by atoms with E-state index in [1.54, 1.807) is 48.6 Å². The van der Waals surface area contributed by atoms with Gasteiger partial charge in [-0.15, -0.1) is 0 Å². The Balaban J connectivity index is 1.28. The van der Waals surface area contributed by atoms with Gasteiger partial charge in [0, 0.05) is 37.3 Å². The first-order chi connectivity index (χ1) is 17.8. The summed E-state index contributed by atoms with van der Waals surface area (Å²) in [5.74, 6) is -0.851. The van der Waals surface area contributed by atoms with E-state index in [0.29, 0.717) is 42.5 Å². The second kappa shape index (κ2) is 12.1. The zero-order chi connectivity index (χ0) is 26.4. The van der Waals surface area contributed by atoms with Gasteiger partial charge < -0.3 is 10.1 Å². The number of nitrogens with zero attached hydrogens (tertiary/aromatic N) is 2. The summed E-state index contributed by atoms with van der Waals surface area (Å²) in [6.45, 7) is 1.48. The molecule has 0 spiro atoms. The van der Waals surface area contributed by atoms with Crippen molar-refractivity contribution in [3.8, 4) is 0 Å². The van der Waals surface area contributed by atoms with Crippen molar-refractivity contribution in [3.63, 3.8) is 0 Å². The summed E-state index contributed by atoms with van der Waals surface area (Å²) in [4.78, 5) is 38.6. The smallest absolute Gasteiger partial charge is 0.293 e. The normalized spacial score (nSPS) is 18.2. The van der Waals surface area contributed by atoms with Crippen LogP contribution in [-0.4, -0.2) is 74.1 Å². The molecule has 0 aliphatic carbocycles. The Kier molecular flexibility index (Phi) is 8.83. The number of rotatable bonds is 8. The molecule has 2 heterocycles. The Bertz CT molecular complexity index is 1350. The predicted octanol–water partition coefficient (Wildman–Crippen LogP) is 3.23. The number of thioether (sulfide) groups is 1. The van der Waals surface area contributed by atoms with Crippen LogP contribution < -0.4 is 5.32 Å². The standard InChI is InChI=1S/C25H24ClN3O6S2/c26-21-4-2-1-3-19(21)17-22-24(31)29(25(32)36-22)12-11-27-23(30)10-7-18-5-8-20(9-6-18)37(33,34)28-13-15-35-16-14-28/h1-10,17H,11-16H2,(H,27,30). The van der Waals surface area contributed by atoms with Gasteiger partial charge >= 0.3 is 0 Å². The third-order valence-electron chi connectivity index (χ3n) is 5.62. The van der Waals surface area contributed by atoms with Crippen molar-refractivity contribution in [1.82, 2.24) is 14.5 Å². The van der Waals surface area contributed by atoms with Gasteiger partial charge in [0.2, 0.25) is 15.9 Å². The number of hydrogen-bond acceptors (Lipinski definition) is 7. The van der Waals surface area contributed by atoms with Crippen molar-refractivity contribution < 1.29 is 27.5 Å². The molecule has 3 amide bonds. The molecule has 2 aliphatic rings. The van der Waals surface area contributed by atoms with Gasteiger partial charge in [-0.2, -0.15) is 4.31 Å². The number of sulfonamides is 1. The second-order valence-electron chi connectivity index (χ2n) is 8.06. The molecule has 9 nitrogen and oxygen atoms in total. The van der Waals surface area contributed by atoms with E-state index in [9.17, 15) is 22.8 Å². The summed E-state index contributed by atoms with van der Waals surface area (Å²) >= 11 is 6.95. The van der Waals surface area contributed by atoms with E-state index in [1.165, 1.54) is 22.5 Å². The van der Waals surface area contributed by atoms with Crippen LogP contribution >= 0.6 is 23.4 Å². The van der Waals surface area contributed by atoms with Crippen LogP contribution in [0, 0.1) is 0 Å². The molecule has 2 aromatic rings. The molecular formula is C25H24ClN3O6S2. The first-order valence-corrected chi connectivity index (χ1v) is 14.0. The third kappa shape index (κ3) is 6.68. The minimum Gasteiger partial charge on any atom is -0.379 e. The van der Waals surface area contributed by atoms with Crippen molar-refractivity contribution in [2.45, 2.75) is 4.90 Å². The van der Waals surface area contributed by atoms with Gasteiger partial charge in [0.25, 0.3) is 11.1 Å². The SMILES string of the molecule is O=C(C=Cc1ccc(S(=O)(=O)N2CCOCC2)cc1)NCCN1C(=O)SC(=Cc2ccccc2Cl)C1=O. The van der Waals surface area contributed by atoms with E-state index >= 15 is 0 Å². The summed E-state index contributed by atoms with van der Waals surface area (Å²) in [6.07, 6.45) is 4.43. The fourth-order valence-electron chi connectivity index (χ4n) is 3.63. The number of nitrogens with one attached hydrogen (secondary N) is 1. The predicted molar refractivity (Wildman–Crippen MR) is 142 cm³/mol. The molecule has 0 atom stereocenters. The van der Waals surface area contributed by atoms with Crippen molar-refractivity contribution in [1.29, 1.82) is 0 Å². The number of ether oxygens (including phenoxy) is 1. The van der Waals surface area contributed by atoms with Crippen LogP contribution in [-0.2, 0) is 24.3 Å². The Labute approximate surface area is 224 Å². The highest BCUT2D eigenvalue weighted by Gasteiger charge is 2.34. The minimum atomic E-state index is -3.59. The minimum absolute atomic E-state index is 0.0260. The number of amides is 3. The Morgan fingerprint density at radius 3 is 2.49 bits per heavy atom. The van der Waals surface area contributed by atoms with E-state index in [-0.39, 0.29) is 22.9 Å². The molecule has 2 aromatic carbocycles. The first-order valence-electron chi connectivity index (χ1n) is 11.4. The molecular weight excluding hydrogens is 538 g/mol. The zero-order valence-electron chi connectivity index (χ0n) is 19.6. The quantitative estimate of drug-likeness (QED) is 0.492. The van der Waals surface area contributed by atoms with Crippen molar-refractivity contribution in [3.05, 3.63) is 75.7 Å². The Morgan fingerprint density at radius 2 is 1.78 bits per heavy atom. The average molecular weight is 562 g/mol. The first kappa shape index (κ1) is 27.1. The molecule has 0 bridgehead atoms. The van der Waals surface area contributed by atoms with E-state index in [2.05, 4.69) is 5.32 Å². The van der Waals surface area contributed by atoms with Crippen molar-refractivity contribution >= 4 is 62.6 Å². The van der Waals surface area contributed by atoms with E-state index < -0.39 is 27.1 Å². The summed E-state index contributed by atoms with van der Waals surface area (Å²) < 4.78 is 32.0. The van der Waals surface area contributed by atoms with Crippen molar-refractivity contribution in [2.24, 2.45) is 0 Å². The third-order valence-corrected chi connectivity index (χ3v) is 8.78. The zero-order valence-corrected chi connectivity index (χ0v) is 22.0. The molecule has 4 rings (SSSR count). The number of carbonyl (C=O) groups is 3. The molecule has 1 N–H and O–H groups in total. The number of carbonyl (C=O) groups excluding carboxylic acids is 3. The Morgan fingerprint density at radius 1 is 1.08 bits per heavy atom. The van der Waals surface area contributed by atoms with Gasteiger partial charge in [0.1, 0.15) is 0 Å². The van der Waals surface area contributed by atoms with Crippen LogP contribution in [0.3, 0.4) is 0 Å². The molecule has 0 unspecified atom stereocenters. The van der Waals surface area contributed by atoms with Gasteiger partial charge in [-0.3, -0.25) is 19.3 Å². The summed E-state index contributed by atoms with van der Waals surface area (Å²) in [7, 11) is -3.59. The lowest BCUT2D eigenvalue weighted by Crippen LogP contribution is -2.40. The molecule has 12 heteroatoms. The number of imide groups is 1. The van der Waals surface area contributed by atoms with Gasteiger partial charge in [0.05, 0.1) is 23.0 Å². The average Bonchev–Trinajstić information content (AvgIpc) is 3.17. The van der Waals surface area contributed by atoms with Gasteiger partial charge in [-0.1, -0.05) is 41.9 Å². The highest BCUT2D eigenvalue weighted by molar-refractivity contribution is 8.18. The molecule has 0 aromatic heterocycles. The van der Waals surface area contributed by atoms with E-state index in [1.807, 2.05) is 0 Å². The topological polar surface area (TPSA) is 113 Å². The fourth-order valence-corrected chi connectivity index (χ4v) is 6.09. The van der Waals surface area contributed by atoms with Gasteiger partial charge in [0.15, 0.2) is 0 Å². The summed E-state index contributed by atoms with van der Waals surface area (Å²) in [6, 6.07) is 13.2. The maximum atomic E-state index is 12.7. The molecule has 2 saturated heterocycles. The van der Waals surface area contributed by atoms with Crippen LogP contribution in [0.15, 0.2) is 64.4 Å². The van der Waals surface area contributed by atoms with Gasteiger partial charge in [-0.25, -0.2) is 8.42 Å². The highest BCUT2D eigenvalue weighted by atomic mass is 35.5. The van der Waals surface area contributed by atoms with Crippen molar-refractivity contribution in [2.75, 3.05) is 39.4 Å². The molecule has 37 heavy (non-hydrogen) atoms. The summed E-state index contributed by atoms with van der Waals surface area (Å²) in [5, 5.41) is 2.69. The highest BCUT2D eigenvalue weighted by Crippen LogP contribution is 2.33. The lowest BCUT2D eigenvalue weighted by Gasteiger charge is -2.26. The number of halogens is 1. The second-order valence-corrected chi connectivity index (χ2v) is 11.4. The maximum absolute atomic E-state index is 12.7. The lowest BCUT2D eigenvalue weighted by molar-refractivity contribution is -0.123. The number of benzene rings is 2. The molecule has 2 aliphatic heterocycles. The Hall–Kier alpha value is -2.96. The van der Waals surface area contributed by atoms with E-state index in [0.717, 1.165) is 16.7 Å². The van der Waals surface area contributed by atoms with Gasteiger partial charge in [-0.05, 0) is 53.2 Å². The van der Waals surface area contributed by atoms with Crippen LogP contribution in [0.1, 0.15) is 11.1 Å². The molecule has 0 saturated carbocycles. The molecule has 0 radical (unpaired) electrons. The van der Waals surface area contributed by atoms with Crippen LogP contribution in [0.2, 0.25) is 5.02 Å². The number of morpholine rings is 1. The monoisotopic (exact) mass is 561 g/mol. The lowest BCUT2D eigenvalue weighted by atomic mass is 10.2. The van der Waals surface area contributed by atoms with Crippen LogP contribution in [0.25, 0.3) is 12.2 Å². The largest absolute Gasteiger partial charge is 0.379 e.